The van der Waals surface area contributed by atoms with E-state index in [4.69, 9.17) is 11.6 Å². The number of hydrogen-bond donors (Lipinski definition) is 2. The molecule has 1 saturated carbocycles. The van der Waals surface area contributed by atoms with Crippen LogP contribution in [0.1, 0.15) is 25.7 Å². The van der Waals surface area contributed by atoms with Crippen molar-refractivity contribution in [2.75, 3.05) is 56.0 Å². The Labute approximate surface area is 225 Å². The van der Waals surface area contributed by atoms with Gasteiger partial charge < -0.3 is 25.0 Å². The molecule has 9 heteroatoms. The van der Waals surface area contributed by atoms with Gasteiger partial charge in [-0.3, -0.25) is 0 Å². The third kappa shape index (κ3) is 5.79. The number of hydrogen-bond acceptors (Lipinski definition) is 7. The minimum Gasteiger partial charge on any atom is -0.370 e. The van der Waals surface area contributed by atoms with Gasteiger partial charge in [0, 0.05) is 36.3 Å². The fourth-order valence-electron chi connectivity index (χ4n) is 5.58. The molecule has 1 saturated heterocycles. The van der Waals surface area contributed by atoms with Gasteiger partial charge in [-0.1, -0.05) is 23.7 Å². The van der Waals surface area contributed by atoms with Crippen LogP contribution in [0.5, 0.6) is 0 Å². The second-order valence-corrected chi connectivity index (χ2v) is 14.7. The summed E-state index contributed by atoms with van der Waals surface area (Å²) in [5, 5.41) is 8.09. The molecule has 0 bridgehead atoms. The number of piperidine rings is 1. The van der Waals surface area contributed by atoms with Gasteiger partial charge in [0.2, 0.25) is 5.95 Å². The molecule has 1 aliphatic heterocycles. The molecular formula is C28H36ClN6OP. The highest BCUT2D eigenvalue weighted by Gasteiger charge is 2.46. The third-order valence-electron chi connectivity index (χ3n) is 7.84. The van der Waals surface area contributed by atoms with Gasteiger partial charge in [-0.2, -0.15) is 4.98 Å². The lowest BCUT2D eigenvalue weighted by Gasteiger charge is -2.54. The first-order valence-corrected chi connectivity index (χ1v) is 15.8. The molecule has 1 aromatic heterocycles. The molecule has 2 N–H and O–H groups in total. The Morgan fingerprint density at radius 1 is 1.05 bits per heavy atom. The van der Waals surface area contributed by atoms with Gasteiger partial charge >= 0.3 is 0 Å². The molecular weight excluding hydrogens is 503 g/mol. The van der Waals surface area contributed by atoms with Gasteiger partial charge in [0.05, 0.1) is 16.4 Å². The Morgan fingerprint density at radius 2 is 1.78 bits per heavy atom. The van der Waals surface area contributed by atoms with Crippen LogP contribution >= 0.6 is 18.7 Å². The van der Waals surface area contributed by atoms with E-state index in [1.54, 1.807) is 25.6 Å². The smallest absolute Gasteiger partial charge is 0.229 e. The Kier molecular flexibility index (Phi) is 7.23. The normalized spacial score (nSPS) is 17.6. The largest absolute Gasteiger partial charge is 0.370 e. The number of aromatic nitrogens is 2. The molecule has 1 spiro atoms. The Hall–Kier alpha value is -2.60. The Balaban J connectivity index is 1.23. The zero-order valence-electron chi connectivity index (χ0n) is 22.0. The molecule has 0 atom stereocenters. The maximum atomic E-state index is 12.7. The average molecular weight is 539 g/mol. The monoisotopic (exact) mass is 538 g/mol. The summed E-state index contributed by atoms with van der Waals surface area (Å²) < 4.78 is 12.7. The van der Waals surface area contributed by atoms with Crippen LogP contribution in [0, 0.1) is 5.41 Å². The lowest BCUT2D eigenvalue weighted by molar-refractivity contribution is 0.00490. The summed E-state index contributed by atoms with van der Waals surface area (Å²) in [6, 6.07) is 16.2. The highest BCUT2D eigenvalue weighted by atomic mass is 35.5. The molecule has 1 aliphatic carbocycles. The number of nitrogens with one attached hydrogen (secondary N) is 2. The van der Waals surface area contributed by atoms with E-state index in [0.29, 0.717) is 17.2 Å². The van der Waals surface area contributed by atoms with Gasteiger partial charge in [0.25, 0.3) is 0 Å². The van der Waals surface area contributed by atoms with Crippen molar-refractivity contribution in [3.63, 3.8) is 0 Å². The first-order valence-electron chi connectivity index (χ1n) is 12.8. The number of rotatable bonds is 7. The Bertz CT molecular complexity index is 1310. The predicted octanol–water partition coefficient (Wildman–Crippen LogP) is 6.18. The molecule has 37 heavy (non-hydrogen) atoms. The number of halogens is 1. The van der Waals surface area contributed by atoms with Gasteiger partial charge in [-0.15, -0.1) is 0 Å². The molecule has 3 aromatic rings. The Morgan fingerprint density at radius 3 is 2.46 bits per heavy atom. The molecule has 2 aromatic carbocycles. The summed E-state index contributed by atoms with van der Waals surface area (Å²) in [5.74, 6) is 1.08. The molecule has 2 fully saturated rings. The van der Waals surface area contributed by atoms with Crippen molar-refractivity contribution in [2.24, 2.45) is 5.41 Å². The fourth-order valence-corrected chi connectivity index (χ4v) is 7.04. The number of nitrogens with zero attached hydrogens (tertiary/aromatic N) is 4. The third-order valence-corrected chi connectivity index (χ3v) is 9.69. The second kappa shape index (κ2) is 10.3. The highest BCUT2D eigenvalue weighted by molar-refractivity contribution is 7.70. The van der Waals surface area contributed by atoms with E-state index in [-0.39, 0.29) is 0 Å². The molecule has 7 nitrogen and oxygen atoms in total. The SMILES string of the molecule is CN(C)C1CC2(CCN(c3ccc(Nc4nccc(Nc5ccccc5P(C)(C)=O)n4)cc3Cl)CC2)C1. The molecule has 5 rings (SSSR count). The van der Waals surface area contributed by atoms with Gasteiger partial charge in [-0.25, -0.2) is 4.98 Å². The standard InChI is InChI=1S/C28H36ClN6OP/c1-34(2)21-18-28(19-21)12-15-35(16-13-28)24-10-9-20(17-22(24)29)31-27-30-14-11-26(33-27)32-23-7-5-6-8-25(23)37(3,4)36/h5-11,14,17,21H,12-13,15-16,18-19H2,1-4H3,(H2,30,31,32,33). The zero-order valence-corrected chi connectivity index (χ0v) is 23.7. The summed E-state index contributed by atoms with van der Waals surface area (Å²) in [5.41, 5.74) is 3.23. The van der Waals surface area contributed by atoms with Crippen LogP contribution in [-0.4, -0.2) is 61.4 Å². The van der Waals surface area contributed by atoms with Crippen molar-refractivity contribution >= 4 is 52.9 Å². The van der Waals surface area contributed by atoms with Crippen LogP contribution in [0.4, 0.5) is 28.8 Å². The first kappa shape index (κ1) is 26.0. The highest BCUT2D eigenvalue weighted by Crippen LogP contribution is 2.51. The average Bonchev–Trinajstić information content (AvgIpc) is 2.83. The van der Waals surface area contributed by atoms with E-state index in [1.807, 2.05) is 36.4 Å². The van der Waals surface area contributed by atoms with Gasteiger partial charge in [-0.05, 0) is 94.9 Å². The molecule has 2 aliphatic rings. The number of anilines is 5. The van der Waals surface area contributed by atoms with Crippen LogP contribution in [0.25, 0.3) is 0 Å². The van der Waals surface area contributed by atoms with Crippen molar-refractivity contribution in [1.29, 1.82) is 0 Å². The quantitative estimate of drug-likeness (QED) is 0.348. The van der Waals surface area contributed by atoms with Crippen LogP contribution in [0.15, 0.2) is 54.7 Å². The van der Waals surface area contributed by atoms with Crippen LogP contribution < -0.4 is 20.8 Å². The van der Waals surface area contributed by atoms with E-state index in [0.717, 1.165) is 46.5 Å². The predicted molar refractivity (Wildman–Crippen MR) is 156 cm³/mol. The lowest BCUT2D eigenvalue weighted by atomic mass is 9.60. The summed E-state index contributed by atoms with van der Waals surface area (Å²) in [4.78, 5) is 13.7. The summed E-state index contributed by atoms with van der Waals surface area (Å²) in [6.45, 7) is 5.63. The van der Waals surface area contributed by atoms with Crippen molar-refractivity contribution in [2.45, 2.75) is 31.7 Å². The van der Waals surface area contributed by atoms with E-state index >= 15 is 0 Å². The van der Waals surface area contributed by atoms with E-state index in [9.17, 15) is 4.57 Å². The van der Waals surface area contributed by atoms with Gasteiger partial charge in [0.15, 0.2) is 0 Å². The van der Waals surface area contributed by atoms with Crippen LogP contribution in [0.3, 0.4) is 0 Å². The summed E-state index contributed by atoms with van der Waals surface area (Å²) in [7, 11) is 1.94. The second-order valence-electron chi connectivity index (χ2n) is 11.1. The van der Waals surface area contributed by atoms with E-state index in [1.165, 1.54) is 25.7 Å². The molecule has 0 amide bonds. The number of benzene rings is 2. The van der Waals surface area contributed by atoms with E-state index in [2.05, 4.69) is 50.6 Å². The summed E-state index contributed by atoms with van der Waals surface area (Å²) >= 11 is 6.74. The van der Waals surface area contributed by atoms with Gasteiger partial charge in [0.1, 0.15) is 13.0 Å². The number of para-hydroxylation sites is 1. The minimum absolute atomic E-state index is 0.461. The molecule has 2 heterocycles. The van der Waals surface area contributed by atoms with Crippen molar-refractivity contribution in [1.82, 2.24) is 14.9 Å². The fraction of sp³-hybridized carbons (Fsp3) is 0.429. The first-order chi connectivity index (χ1) is 17.6. The van der Waals surface area contributed by atoms with Crippen LogP contribution in [0.2, 0.25) is 5.02 Å². The zero-order chi connectivity index (χ0) is 26.2. The maximum Gasteiger partial charge on any atom is 0.229 e. The summed E-state index contributed by atoms with van der Waals surface area (Å²) in [6.07, 6.45) is 6.80. The molecule has 196 valence electrons. The molecule has 0 unspecified atom stereocenters. The van der Waals surface area contributed by atoms with Crippen molar-refractivity contribution < 1.29 is 4.57 Å². The maximum absolute atomic E-state index is 12.7. The topological polar surface area (TPSA) is 73.4 Å². The van der Waals surface area contributed by atoms with E-state index < -0.39 is 7.14 Å². The van der Waals surface area contributed by atoms with Crippen molar-refractivity contribution in [3.05, 3.63) is 59.8 Å². The lowest BCUT2D eigenvalue weighted by Crippen LogP contribution is -2.53. The van der Waals surface area contributed by atoms with Crippen molar-refractivity contribution in [3.8, 4) is 0 Å². The molecule has 0 radical (unpaired) electrons. The van der Waals surface area contributed by atoms with Crippen LogP contribution in [-0.2, 0) is 4.57 Å². The minimum atomic E-state index is -2.44.